The molecule has 32 heavy (non-hydrogen) atoms. The Balaban J connectivity index is 1.63. The number of hydrogen-bond donors (Lipinski definition) is 1. The Bertz CT molecular complexity index is 1180. The van der Waals surface area contributed by atoms with Crippen molar-refractivity contribution in [2.45, 2.75) is 53.2 Å². The van der Waals surface area contributed by atoms with E-state index in [0.29, 0.717) is 11.3 Å². The normalized spacial score (nSPS) is 15.4. The van der Waals surface area contributed by atoms with Gasteiger partial charge in [-0.1, -0.05) is 12.8 Å². The minimum atomic E-state index is -0.576. The number of hydrogen-bond acceptors (Lipinski definition) is 6. The van der Waals surface area contributed by atoms with E-state index in [1.807, 2.05) is 39.2 Å². The van der Waals surface area contributed by atoms with E-state index in [1.54, 1.807) is 15.4 Å². The number of carbonyl (C=O) groups excluding carboxylic acids is 2. The summed E-state index contributed by atoms with van der Waals surface area (Å²) >= 11 is 0. The van der Waals surface area contributed by atoms with Gasteiger partial charge in [0, 0.05) is 35.3 Å². The average molecular weight is 437 g/mol. The third-order valence-electron chi connectivity index (χ3n) is 5.69. The molecule has 0 aliphatic heterocycles. The minimum absolute atomic E-state index is 0.0719. The number of allylic oxidation sites excluding steroid dienone is 1. The van der Waals surface area contributed by atoms with Crippen molar-refractivity contribution >= 4 is 28.6 Å². The van der Waals surface area contributed by atoms with Crippen LogP contribution in [0.2, 0.25) is 0 Å². The van der Waals surface area contributed by atoms with Crippen molar-refractivity contribution in [1.29, 1.82) is 0 Å². The fourth-order valence-corrected chi connectivity index (χ4v) is 4.01. The van der Waals surface area contributed by atoms with E-state index in [0.717, 1.165) is 42.3 Å². The van der Waals surface area contributed by atoms with E-state index >= 15 is 0 Å². The quantitative estimate of drug-likeness (QED) is 0.468. The molecule has 0 atom stereocenters. The smallest absolute Gasteiger partial charge is 0.312 e. The molecule has 3 heterocycles. The van der Waals surface area contributed by atoms with Gasteiger partial charge in [-0.2, -0.15) is 5.10 Å². The van der Waals surface area contributed by atoms with Crippen molar-refractivity contribution in [3.63, 3.8) is 0 Å². The van der Waals surface area contributed by atoms with Gasteiger partial charge >= 0.3 is 5.97 Å². The summed E-state index contributed by atoms with van der Waals surface area (Å²) in [6.07, 6.45) is 12.7. The summed E-state index contributed by atoms with van der Waals surface area (Å²) in [4.78, 5) is 32.6. The third-order valence-corrected chi connectivity index (χ3v) is 5.69. The summed E-state index contributed by atoms with van der Waals surface area (Å²) in [5.74, 6) is -0.495. The molecule has 1 amide bonds. The van der Waals surface area contributed by atoms with Gasteiger partial charge in [0.2, 0.25) is 5.91 Å². The largest absolute Gasteiger partial charge is 0.443 e. The molecule has 0 unspecified atom stereocenters. The van der Waals surface area contributed by atoms with Crippen LogP contribution in [0.15, 0.2) is 37.1 Å². The number of nitrogens with two attached hydrogens (primary N) is 1. The van der Waals surface area contributed by atoms with E-state index in [1.165, 1.54) is 12.4 Å². The number of rotatable bonds is 6. The first-order chi connectivity index (χ1) is 15.2. The van der Waals surface area contributed by atoms with E-state index in [-0.39, 0.29) is 18.6 Å². The summed E-state index contributed by atoms with van der Waals surface area (Å²) in [5.41, 5.74) is 7.87. The SMILES string of the molecule is CC(C)(C)C(=O)OCn1ccc2c(-c3cnn(/C(=C/C(N)=O)C4CCCC4)c3)ncnc21. The van der Waals surface area contributed by atoms with Gasteiger partial charge < -0.3 is 10.5 Å². The number of primary amides is 1. The maximum atomic E-state index is 12.1. The highest BCUT2D eigenvalue weighted by Gasteiger charge is 2.24. The number of nitrogens with zero attached hydrogens (tertiary/aromatic N) is 5. The maximum Gasteiger partial charge on any atom is 0.312 e. The summed E-state index contributed by atoms with van der Waals surface area (Å²) in [7, 11) is 0. The lowest BCUT2D eigenvalue weighted by Crippen LogP contribution is -2.23. The molecular weight excluding hydrogens is 408 g/mol. The van der Waals surface area contributed by atoms with Gasteiger partial charge in [-0.3, -0.25) is 14.2 Å². The maximum absolute atomic E-state index is 12.1. The summed E-state index contributed by atoms with van der Waals surface area (Å²) < 4.78 is 8.93. The van der Waals surface area contributed by atoms with Crippen LogP contribution in [0.4, 0.5) is 0 Å². The van der Waals surface area contributed by atoms with Crippen molar-refractivity contribution in [3.05, 3.63) is 37.1 Å². The number of amides is 1. The number of esters is 1. The molecule has 2 N–H and O–H groups in total. The van der Waals surface area contributed by atoms with Crippen molar-refractivity contribution in [2.24, 2.45) is 17.1 Å². The molecule has 0 radical (unpaired) electrons. The van der Waals surface area contributed by atoms with Gasteiger partial charge in [-0.15, -0.1) is 0 Å². The topological polar surface area (TPSA) is 118 Å². The van der Waals surface area contributed by atoms with E-state index < -0.39 is 11.3 Å². The summed E-state index contributed by atoms with van der Waals surface area (Å²) in [5, 5.41) is 5.31. The minimum Gasteiger partial charge on any atom is -0.443 e. The van der Waals surface area contributed by atoms with Crippen molar-refractivity contribution < 1.29 is 14.3 Å². The van der Waals surface area contributed by atoms with Crippen LogP contribution >= 0.6 is 0 Å². The zero-order valence-electron chi connectivity index (χ0n) is 18.6. The molecule has 0 aromatic carbocycles. The van der Waals surface area contributed by atoms with Crippen molar-refractivity contribution in [1.82, 2.24) is 24.3 Å². The molecule has 0 saturated heterocycles. The molecule has 1 aliphatic carbocycles. The molecule has 0 spiro atoms. The first-order valence-electron chi connectivity index (χ1n) is 10.8. The molecule has 9 nitrogen and oxygen atoms in total. The van der Waals surface area contributed by atoms with Gasteiger partial charge in [0.1, 0.15) is 12.0 Å². The highest BCUT2D eigenvalue weighted by Crippen LogP contribution is 2.34. The predicted molar refractivity (Wildman–Crippen MR) is 120 cm³/mol. The Kier molecular flexibility index (Phi) is 5.82. The fraction of sp³-hybridized carbons (Fsp3) is 0.435. The number of carbonyl (C=O) groups is 2. The second-order valence-electron chi connectivity index (χ2n) is 9.18. The van der Waals surface area contributed by atoms with Crippen LogP contribution in [0.3, 0.4) is 0 Å². The van der Waals surface area contributed by atoms with Gasteiger partial charge in [0.25, 0.3) is 0 Å². The molecule has 9 heteroatoms. The lowest BCUT2D eigenvalue weighted by Gasteiger charge is -2.17. The van der Waals surface area contributed by atoms with Crippen LogP contribution in [0.25, 0.3) is 28.0 Å². The molecule has 1 fully saturated rings. The number of fused-ring (bicyclic) bond motifs is 1. The average Bonchev–Trinajstić information content (AvgIpc) is 3.50. The Morgan fingerprint density at radius 2 is 2.00 bits per heavy atom. The van der Waals surface area contributed by atoms with Crippen LogP contribution in [-0.2, 0) is 21.1 Å². The highest BCUT2D eigenvalue weighted by atomic mass is 16.5. The molecular formula is C23H28N6O3. The van der Waals surface area contributed by atoms with E-state index in [4.69, 9.17) is 10.5 Å². The highest BCUT2D eigenvalue weighted by molar-refractivity contribution is 5.92. The zero-order valence-corrected chi connectivity index (χ0v) is 18.6. The first kappa shape index (κ1) is 21.7. The van der Waals surface area contributed by atoms with Gasteiger partial charge in [0.15, 0.2) is 6.73 Å². The lowest BCUT2D eigenvalue weighted by molar-refractivity contribution is -0.156. The Morgan fingerprint density at radius 3 is 2.69 bits per heavy atom. The zero-order chi connectivity index (χ0) is 22.9. The van der Waals surface area contributed by atoms with Gasteiger partial charge in [-0.25, -0.2) is 14.6 Å². The van der Waals surface area contributed by atoms with Crippen LogP contribution in [0.5, 0.6) is 0 Å². The first-order valence-corrected chi connectivity index (χ1v) is 10.8. The Labute approximate surface area is 186 Å². The van der Waals surface area contributed by atoms with E-state index in [2.05, 4.69) is 15.1 Å². The number of aromatic nitrogens is 5. The Hall–Kier alpha value is -3.49. The van der Waals surface area contributed by atoms with Gasteiger partial charge in [0.05, 0.1) is 23.0 Å². The lowest BCUT2D eigenvalue weighted by atomic mass is 9.98. The third kappa shape index (κ3) is 4.42. The second-order valence-corrected chi connectivity index (χ2v) is 9.18. The fourth-order valence-electron chi connectivity index (χ4n) is 4.01. The molecule has 3 aromatic rings. The molecule has 168 valence electrons. The van der Waals surface area contributed by atoms with Crippen LogP contribution < -0.4 is 5.73 Å². The van der Waals surface area contributed by atoms with Crippen LogP contribution in [-0.4, -0.2) is 36.2 Å². The monoisotopic (exact) mass is 436 g/mol. The Morgan fingerprint density at radius 1 is 1.25 bits per heavy atom. The summed E-state index contributed by atoms with van der Waals surface area (Å²) in [6.45, 7) is 5.51. The number of ether oxygens (including phenoxy) is 1. The van der Waals surface area contributed by atoms with Gasteiger partial charge in [-0.05, 0) is 39.7 Å². The van der Waals surface area contributed by atoms with Crippen LogP contribution in [0.1, 0.15) is 46.5 Å². The molecule has 0 bridgehead atoms. The van der Waals surface area contributed by atoms with E-state index in [9.17, 15) is 9.59 Å². The predicted octanol–water partition coefficient (Wildman–Crippen LogP) is 3.36. The van der Waals surface area contributed by atoms with Crippen molar-refractivity contribution in [2.75, 3.05) is 0 Å². The molecule has 4 rings (SSSR count). The molecule has 3 aromatic heterocycles. The van der Waals surface area contributed by atoms with Crippen molar-refractivity contribution in [3.8, 4) is 11.3 Å². The van der Waals surface area contributed by atoms with Crippen LogP contribution in [0, 0.1) is 11.3 Å². The standard InChI is InChI=1S/C23H28N6O3/c1-23(2,3)22(31)32-14-28-9-8-17-20(25-13-26-21(17)28)16-11-27-29(12-16)18(10-19(24)30)15-6-4-5-7-15/h8-13,15H,4-7,14H2,1-3H3,(H2,24,30)/b18-10+. The second kappa shape index (κ2) is 8.57. The summed E-state index contributed by atoms with van der Waals surface area (Å²) in [6, 6.07) is 1.89. The molecule has 1 saturated carbocycles. The molecule has 1 aliphatic rings.